The van der Waals surface area contributed by atoms with Crippen molar-refractivity contribution in [3.63, 3.8) is 0 Å². The van der Waals surface area contributed by atoms with Gasteiger partial charge < -0.3 is 24.8 Å². The topological polar surface area (TPSA) is 73.8 Å². The van der Waals surface area contributed by atoms with Gasteiger partial charge in [0.05, 0.1) is 18.9 Å². The van der Waals surface area contributed by atoms with Gasteiger partial charge in [0.1, 0.15) is 5.03 Å². The van der Waals surface area contributed by atoms with Gasteiger partial charge in [-0.2, -0.15) is 0 Å². The van der Waals surface area contributed by atoms with Crippen LogP contribution in [0.5, 0.6) is 0 Å². The Labute approximate surface area is 210 Å². The predicted molar refractivity (Wildman–Crippen MR) is 140 cm³/mol. The summed E-state index contributed by atoms with van der Waals surface area (Å²) in [5.74, 6) is 0.543. The summed E-state index contributed by atoms with van der Waals surface area (Å²) in [5.41, 5.74) is 3.83. The lowest BCUT2D eigenvalue weighted by molar-refractivity contribution is 0.112. The van der Waals surface area contributed by atoms with Gasteiger partial charge in [-0.3, -0.25) is 4.79 Å². The van der Waals surface area contributed by atoms with E-state index < -0.39 is 0 Å². The Bertz CT molecular complexity index is 1140. The number of rotatable bonds is 7. The van der Waals surface area contributed by atoms with E-state index in [4.69, 9.17) is 9.72 Å². The van der Waals surface area contributed by atoms with Crippen molar-refractivity contribution in [2.75, 3.05) is 74.6 Å². The highest BCUT2D eigenvalue weighted by Gasteiger charge is 2.21. The average Bonchev–Trinajstić information content (AvgIpc) is 2.90. The van der Waals surface area contributed by atoms with Crippen molar-refractivity contribution in [3.05, 3.63) is 60.3 Å². The molecule has 35 heavy (non-hydrogen) atoms. The van der Waals surface area contributed by atoms with E-state index in [-0.39, 0.29) is 0 Å². The van der Waals surface area contributed by atoms with Crippen molar-refractivity contribution in [3.8, 4) is 0 Å². The quantitative estimate of drug-likeness (QED) is 0.393. The Kier molecular flexibility index (Phi) is 7.46. The SMILES string of the molecule is CN1CCN(c2c(C=O)cccc2Sc2ccnc(Nc3ccc(N4CCOCC4)cc3)n2)CC1. The summed E-state index contributed by atoms with van der Waals surface area (Å²) in [7, 11) is 2.13. The van der Waals surface area contributed by atoms with Gasteiger partial charge >= 0.3 is 0 Å². The highest BCUT2D eigenvalue weighted by atomic mass is 32.2. The molecule has 5 rings (SSSR count). The van der Waals surface area contributed by atoms with Crippen molar-refractivity contribution in [1.29, 1.82) is 0 Å². The summed E-state index contributed by atoms with van der Waals surface area (Å²) >= 11 is 1.56. The molecule has 0 bridgehead atoms. The highest BCUT2D eigenvalue weighted by molar-refractivity contribution is 7.99. The molecule has 9 heteroatoms. The molecule has 8 nitrogen and oxygen atoms in total. The third-order valence-electron chi connectivity index (χ3n) is 6.32. The molecular formula is C26H30N6O2S. The molecule has 0 amide bonds. The van der Waals surface area contributed by atoms with Crippen LogP contribution in [0.2, 0.25) is 0 Å². The van der Waals surface area contributed by atoms with Crippen LogP contribution in [0.4, 0.5) is 23.0 Å². The number of benzene rings is 2. The van der Waals surface area contributed by atoms with E-state index in [0.717, 1.165) is 80.1 Å². The number of nitrogens with zero attached hydrogens (tertiary/aromatic N) is 5. The Morgan fingerprint density at radius 1 is 0.943 bits per heavy atom. The van der Waals surface area contributed by atoms with E-state index in [1.807, 2.05) is 30.3 Å². The summed E-state index contributed by atoms with van der Waals surface area (Å²) in [5, 5.41) is 4.14. The van der Waals surface area contributed by atoms with Gasteiger partial charge in [0.2, 0.25) is 5.95 Å². The number of hydrogen-bond acceptors (Lipinski definition) is 9. The van der Waals surface area contributed by atoms with E-state index in [2.05, 4.69) is 50.2 Å². The Balaban J connectivity index is 1.31. The first kappa shape index (κ1) is 23.6. The number of piperazine rings is 1. The van der Waals surface area contributed by atoms with Crippen LogP contribution in [0.3, 0.4) is 0 Å². The fourth-order valence-electron chi connectivity index (χ4n) is 4.36. The van der Waals surface area contributed by atoms with Gasteiger partial charge in [-0.25, -0.2) is 9.97 Å². The zero-order valence-corrected chi connectivity index (χ0v) is 20.7. The van der Waals surface area contributed by atoms with Gasteiger partial charge in [0.25, 0.3) is 0 Å². The van der Waals surface area contributed by atoms with Crippen molar-refractivity contribution in [2.45, 2.75) is 9.92 Å². The zero-order chi connectivity index (χ0) is 24.0. The second-order valence-electron chi connectivity index (χ2n) is 8.69. The van der Waals surface area contributed by atoms with Crippen LogP contribution in [-0.2, 0) is 4.74 Å². The first-order valence-electron chi connectivity index (χ1n) is 11.9. The smallest absolute Gasteiger partial charge is 0.228 e. The van der Waals surface area contributed by atoms with Crippen LogP contribution < -0.4 is 15.1 Å². The van der Waals surface area contributed by atoms with Crippen LogP contribution >= 0.6 is 11.8 Å². The maximum absolute atomic E-state index is 11.8. The molecule has 2 fully saturated rings. The molecule has 2 aliphatic heterocycles. The number of carbonyl (C=O) groups excluding carboxylic acids is 1. The van der Waals surface area contributed by atoms with E-state index in [9.17, 15) is 4.79 Å². The summed E-state index contributed by atoms with van der Waals surface area (Å²) in [6.45, 7) is 7.10. The molecule has 0 spiro atoms. The van der Waals surface area contributed by atoms with E-state index in [1.165, 1.54) is 5.69 Å². The lowest BCUT2D eigenvalue weighted by atomic mass is 10.1. The third kappa shape index (κ3) is 5.75. The maximum atomic E-state index is 11.8. The molecule has 1 aromatic heterocycles. The first-order valence-corrected chi connectivity index (χ1v) is 12.7. The van der Waals surface area contributed by atoms with E-state index >= 15 is 0 Å². The number of aromatic nitrogens is 2. The van der Waals surface area contributed by atoms with Gasteiger partial charge in [0.15, 0.2) is 6.29 Å². The number of aldehydes is 1. The molecule has 3 aromatic rings. The van der Waals surface area contributed by atoms with Crippen molar-refractivity contribution >= 4 is 41.1 Å². The number of para-hydroxylation sites is 1. The standard InChI is InChI=1S/C26H30N6O2S/c1-30-11-13-32(14-12-30)25-20(19-33)3-2-4-23(25)35-24-9-10-27-26(29-24)28-21-5-7-22(8-6-21)31-15-17-34-18-16-31/h2-10,19H,11-18H2,1H3,(H,27,28,29). The maximum Gasteiger partial charge on any atom is 0.228 e. The molecule has 2 aromatic carbocycles. The molecule has 0 aliphatic carbocycles. The fourth-order valence-corrected chi connectivity index (χ4v) is 5.34. The van der Waals surface area contributed by atoms with Gasteiger partial charge in [-0.1, -0.05) is 17.8 Å². The fraction of sp³-hybridized carbons (Fsp3) is 0.346. The zero-order valence-electron chi connectivity index (χ0n) is 19.9. The molecule has 0 radical (unpaired) electrons. The van der Waals surface area contributed by atoms with Crippen molar-refractivity contribution < 1.29 is 9.53 Å². The summed E-state index contributed by atoms with van der Waals surface area (Å²) < 4.78 is 5.44. The molecule has 0 saturated carbocycles. The molecule has 1 N–H and O–H groups in total. The van der Waals surface area contributed by atoms with Crippen molar-refractivity contribution in [1.82, 2.24) is 14.9 Å². The van der Waals surface area contributed by atoms with E-state index in [1.54, 1.807) is 18.0 Å². The normalized spacial score (nSPS) is 16.8. The molecule has 0 atom stereocenters. The Morgan fingerprint density at radius 3 is 2.46 bits per heavy atom. The predicted octanol–water partition coefficient (Wildman–Crippen LogP) is 3.77. The number of nitrogens with one attached hydrogen (secondary N) is 1. The van der Waals surface area contributed by atoms with Gasteiger partial charge in [-0.05, 0) is 49.5 Å². The average molecular weight is 491 g/mol. The van der Waals surface area contributed by atoms with Crippen LogP contribution in [-0.4, -0.2) is 80.7 Å². The number of likely N-dealkylation sites (N-methyl/N-ethyl adjacent to an activating group) is 1. The number of ether oxygens (including phenoxy) is 1. The van der Waals surface area contributed by atoms with Crippen LogP contribution in [0.1, 0.15) is 10.4 Å². The number of hydrogen-bond donors (Lipinski definition) is 1. The lowest BCUT2D eigenvalue weighted by Crippen LogP contribution is -2.45. The van der Waals surface area contributed by atoms with Crippen LogP contribution in [0.15, 0.2) is 64.6 Å². The Hall–Kier alpha value is -3.14. The number of morpholine rings is 1. The minimum Gasteiger partial charge on any atom is -0.378 e. The van der Waals surface area contributed by atoms with Crippen LogP contribution in [0.25, 0.3) is 0 Å². The largest absolute Gasteiger partial charge is 0.378 e. The molecule has 0 unspecified atom stereocenters. The molecule has 2 aliphatic rings. The minimum atomic E-state index is 0.543. The second kappa shape index (κ2) is 11.1. The summed E-state index contributed by atoms with van der Waals surface area (Å²) in [6.07, 6.45) is 2.71. The molecular weight excluding hydrogens is 460 g/mol. The Morgan fingerprint density at radius 2 is 1.71 bits per heavy atom. The summed E-state index contributed by atoms with van der Waals surface area (Å²) in [6, 6.07) is 16.1. The van der Waals surface area contributed by atoms with Gasteiger partial charge in [0, 0.05) is 67.3 Å². The monoisotopic (exact) mass is 490 g/mol. The molecule has 2 saturated heterocycles. The van der Waals surface area contributed by atoms with E-state index in [0.29, 0.717) is 11.5 Å². The lowest BCUT2D eigenvalue weighted by Gasteiger charge is -2.35. The van der Waals surface area contributed by atoms with Gasteiger partial charge in [-0.15, -0.1) is 0 Å². The first-order chi connectivity index (χ1) is 17.2. The highest BCUT2D eigenvalue weighted by Crippen LogP contribution is 2.37. The third-order valence-corrected chi connectivity index (χ3v) is 7.31. The number of carbonyl (C=O) groups is 1. The van der Waals surface area contributed by atoms with Crippen LogP contribution in [0, 0.1) is 0 Å². The minimum absolute atomic E-state index is 0.543. The number of anilines is 4. The second-order valence-corrected chi connectivity index (χ2v) is 9.76. The molecule has 182 valence electrons. The summed E-state index contributed by atoms with van der Waals surface area (Å²) in [4.78, 5) is 28.9. The van der Waals surface area contributed by atoms with Crippen molar-refractivity contribution in [2.24, 2.45) is 0 Å². The molecule has 3 heterocycles.